The number of hydrogen-bond donors (Lipinski definition) is 0. The first-order valence-electron chi connectivity index (χ1n) is 11.8. The van der Waals surface area contributed by atoms with E-state index < -0.39 is 0 Å². The number of halogens is 1. The maximum absolute atomic E-state index is 13.3. The fraction of sp³-hybridized carbons (Fsp3) is 0.276. The van der Waals surface area contributed by atoms with Gasteiger partial charge in [0.2, 0.25) is 0 Å². The van der Waals surface area contributed by atoms with Gasteiger partial charge < -0.3 is 4.74 Å². The van der Waals surface area contributed by atoms with E-state index in [1.165, 1.54) is 27.8 Å². The second-order valence-electron chi connectivity index (χ2n) is 9.27. The minimum Gasteiger partial charge on any atom is -0.448 e. The highest BCUT2D eigenvalue weighted by Gasteiger charge is 2.39. The highest BCUT2D eigenvalue weighted by Crippen LogP contribution is 2.45. The van der Waals surface area contributed by atoms with Gasteiger partial charge in [-0.15, -0.1) is 0 Å². The Morgan fingerprint density at radius 2 is 1.67 bits per heavy atom. The predicted octanol–water partition coefficient (Wildman–Crippen LogP) is 7.30. The van der Waals surface area contributed by atoms with Crippen molar-refractivity contribution in [2.75, 3.05) is 6.61 Å². The molecular formula is C29H26ClNO2. The Labute approximate surface area is 199 Å². The number of benzene rings is 3. The second kappa shape index (κ2) is 8.39. The van der Waals surface area contributed by atoms with Gasteiger partial charge in [0.05, 0.1) is 6.04 Å². The number of nitrogens with zero attached hydrogens (tertiary/aromatic N) is 1. The molecule has 3 aliphatic rings. The van der Waals surface area contributed by atoms with Gasteiger partial charge in [0, 0.05) is 17.0 Å². The summed E-state index contributed by atoms with van der Waals surface area (Å²) in [5.41, 5.74) is 7.43. The number of hydrogen-bond acceptors (Lipinski definition) is 2. The molecule has 1 aliphatic carbocycles. The summed E-state index contributed by atoms with van der Waals surface area (Å²) in [6, 6.07) is 25.2. The van der Waals surface area contributed by atoms with Crippen LogP contribution in [0.4, 0.5) is 4.79 Å². The lowest BCUT2D eigenvalue weighted by Crippen LogP contribution is -2.51. The number of fused-ring (bicyclic) bond motifs is 5. The third-order valence-corrected chi connectivity index (χ3v) is 7.61. The molecule has 2 unspecified atom stereocenters. The van der Waals surface area contributed by atoms with Crippen LogP contribution < -0.4 is 0 Å². The van der Waals surface area contributed by atoms with Crippen LogP contribution in [0, 0.1) is 0 Å². The van der Waals surface area contributed by atoms with Gasteiger partial charge in [0.15, 0.2) is 0 Å². The smallest absolute Gasteiger partial charge is 0.410 e. The van der Waals surface area contributed by atoms with Crippen LogP contribution >= 0.6 is 11.6 Å². The molecule has 33 heavy (non-hydrogen) atoms. The number of amides is 1. The number of carbonyl (C=O) groups excluding carboxylic acids is 1. The first-order valence-corrected chi connectivity index (χ1v) is 12.2. The van der Waals surface area contributed by atoms with Crippen LogP contribution in [0.5, 0.6) is 0 Å². The van der Waals surface area contributed by atoms with Gasteiger partial charge >= 0.3 is 6.09 Å². The molecule has 3 aromatic rings. The molecule has 1 saturated heterocycles. The summed E-state index contributed by atoms with van der Waals surface area (Å²) in [7, 11) is 0. The minimum absolute atomic E-state index is 0.0853. The summed E-state index contributed by atoms with van der Waals surface area (Å²) in [6.45, 7) is 0.369. The van der Waals surface area contributed by atoms with Crippen molar-refractivity contribution in [3.63, 3.8) is 0 Å². The first kappa shape index (κ1) is 20.6. The molecule has 3 aromatic carbocycles. The summed E-state index contributed by atoms with van der Waals surface area (Å²) < 4.78 is 6.01. The summed E-state index contributed by atoms with van der Waals surface area (Å²) in [6.07, 6.45) is 6.04. The standard InChI is InChI=1S/C29H26ClNO2/c30-21-8-5-7-19(15-21)20-16-22-9-6-10-23(17-20)31(22)29(32)33-18-28-26-13-3-1-11-24(26)25-12-2-4-14-27(25)28/h1-5,7-8,11-16,22-23,28H,6,9-10,17-18H2. The number of carbonyl (C=O) groups is 1. The fourth-order valence-corrected chi connectivity index (χ4v) is 6.08. The van der Waals surface area contributed by atoms with Crippen molar-refractivity contribution < 1.29 is 9.53 Å². The first-order chi connectivity index (χ1) is 16.2. The van der Waals surface area contributed by atoms with Gasteiger partial charge in [-0.3, -0.25) is 4.90 Å². The van der Waals surface area contributed by atoms with Crippen molar-refractivity contribution in [2.45, 2.75) is 43.7 Å². The Morgan fingerprint density at radius 1 is 0.939 bits per heavy atom. The lowest BCUT2D eigenvalue weighted by Gasteiger charge is -2.44. The normalized spacial score (nSPS) is 21.2. The van der Waals surface area contributed by atoms with E-state index in [4.69, 9.17) is 16.3 Å². The van der Waals surface area contributed by atoms with E-state index in [1.807, 2.05) is 23.1 Å². The Bertz CT molecular complexity index is 1200. The summed E-state index contributed by atoms with van der Waals surface area (Å²) in [5, 5.41) is 0.748. The molecule has 2 bridgehead atoms. The van der Waals surface area contributed by atoms with Crippen molar-refractivity contribution in [1.82, 2.24) is 4.90 Å². The van der Waals surface area contributed by atoms with Gasteiger partial charge in [-0.1, -0.05) is 78.3 Å². The molecule has 3 nitrogen and oxygen atoms in total. The average molecular weight is 456 g/mol. The van der Waals surface area contributed by atoms with Crippen molar-refractivity contribution in [3.8, 4) is 11.1 Å². The van der Waals surface area contributed by atoms with Crippen LogP contribution in [0.3, 0.4) is 0 Å². The maximum atomic E-state index is 13.3. The predicted molar refractivity (Wildman–Crippen MR) is 132 cm³/mol. The molecule has 0 N–H and O–H groups in total. The SMILES string of the molecule is O=C(OCC1c2ccccc2-c2ccccc21)N1C2C=C(c3cccc(Cl)c3)CC1CCC2. The summed E-state index contributed by atoms with van der Waals surface area (Å²) in [5.74, 6) is 0.0866. The number of rotatable bonds is 3. The van der Waals surface area contributed by atoms with Crippen LogP contribution in [0.25, 0.3) is 16.7 Å². The van der Waals surface area contributed by atoms with E-state index in [0.717, 1.165) is 36.3 Å². The second-order valence-corrected chi connectivity index (χ2v) is 9.71. The van der Waals surface area contributed by atoms with Gasteiger partial charge in [-0.2, -0.15) is 0 Å². The van der Waals surface area contributed by atoms with Crippen molar-refractivity contribution in [3.05, 3.63) is 101 Å². The molecule has 4 heteroatoms. The molecule has 0 saturated carbocycles. The van der Waals surface area contributed by atoms with E-state index in [-0.39, 0.29) is 24.1 Å². The third kappa shape index (κ3) is 3.65. The zero-order chi connectivity index (χ0) is 22.4. The lowest BCUT2D eigenvalue weighted by atomic mass is 9.83. The maximum Gasteiger partial charge on any atom is 0.410 e. The Morgan fingerprint density at radius 3 is 2.36 bits per heavy atom. The average Bonchev–Trinajstić information content (AvgIpc) is 3.15. The molecular weight excluding hydrogens is 430 g/mol. The van der Waals surface area contributed by atoms with Crippen LogP contribution in [0.15, 0.2) is 78.9 Å². The van der Waals surface area contributed by atoms with Crippen LogP contribution in [0.1, 0.15) is 48.3 Å². The van der Waals surface area contributed by atoms with Gasteiger partial charge in [0.25, 0.3) is 0 Å². The summed E-state index contributed by atoms with van der Waals surface area (Å²) >= 11 is 6.23. The van der Waals surface area contributed by atoms with Gasteiger partial charge in [0.1, 0.15) is 6.61 Å². The van der Waals surface area contributed by atoms with Crippen molar-refractivity contribution in [2.24, 2.45) is 0 Å². The van der Waals surface area contributed by atoms with Gasteiger partial charge in [-0.25, -0.2) is 4.79 Å². The number of ether oxygens (including phenoxy) is 1. The fourth-order valence-electron chi connectivity index (χ4n) is 5.89. The molecule has 2 atom stereocenters. The molecule has 0 spiro atoms. The van der Waals surface area contributed by atoms with E-state index in [1.54, 1.807) is 0 Å². The van der Waals surface area contributed by atoms with Crippen molar-refractivity contribution in [1.29, 1.82) is 0 Å². The number of piperidine rings is 1. The Hall–Kier alpha value is -3.04. The molecule has 1 fully saturated rings. The van der Waals surface area contributed by atoms with E-state index in [9.17, 15) is 4.79 Å². The Balaban J connectivity index is 1.22. The van der Waals surface area contributed by atoms with Crippen LogP contribution in [-0.4, -0.2) is 29.7 Å². The van der Waals surface area contributed by atoms with E-state index in [2.05, 4.69) is 60.7 Å². The molecule has 1 amide bonds. The molecule has 2 heterocycles. The Kier molecular flexibility index (Phi) is 5.22. The van der Waals surface area contributed by atoms with E-state index in [0.29, 0.717) is 6.61 Å². The third-order valence-electron chi connectivity index (χ3n) is 7.38. The highest BCUT2D eigenvalue weighted by molar-refractivity contribution is 6.30. The molecule has 0 radical (unpaired) electrons. The topological polar surface area (TPSA) is 29.5 Å². The summed E-state index contributed by atoms with van der Waals surface area (Å²) in [4.78, 5) is 15.3. The minimum atomic E-state index is -0.187. The molecule has 2 aliphatic heterocycles. The quantitative estimate of drug-likeness (QED) is 0.414. The molecule has 0 aromatic heterocycles. The monoisotopic (exact) mass is 455 g/mol. The zero-order valence-electron chi connectivity index (χ0n) is 18.4. The van der Waals surface area contributed by atoms with E-state index >= 15 is 0 Å². The lowest BCUT2D eigenvalue weighted by molar-refractivity contribution is 0.0539. The van der Waals surface area contributed by atoms with Gasteiger partial charge in [-0.05, 0) is 71.2 Å². The molecule has 166 valence electrons. The van der Waals surface area contributed by atoms with Crippen molar-refractivity contribution >= 4 is 23.3 Å². The highest BCUT2D eigenvalue weighted by atomic mass is 35.5. The van der Waals surface area contributed by atoms with Crippen LogP contribution in [-0.2, 0) is 4.74 Å². The van der Waals surface area contributed by atoms with Crippen LogP contribution in [0.2, 0.25) is 5.02 Å². The molecule has 6 rings (SSSR count). The zero-order valence-corrected chi connectivity index (χ0v) is 19.2. The largest absolute Gasteiger partial charge is 0.448 e.